The number of likely N-dealkylation sites (tertiary alicyclic amines) is 1. The van der Waals surface area contributed by atoms with Gasteiger partial charge in [-0.1, -0.05) is 0 Å². The van der Waals surface area contributed by atoms with Gasteiger partial charge in [-0.05, 0) is 44.0 Å². The molecule has 3 rings (SSSR count). The highest BCUT2D eigenvalue weighted by Gasteiger charge is 2.32. The first-order valence-corrected chi connectivity index (χ1v) is 8.66. The van der Waals surface area contributed by atoms with Gasteiger partial charge in [0.25, 0.3) is 0 Å². The Bertz CT molecular complexity index is 664. The zero-order chi connectivity index (χ0) is 16.2. The van der Waals surface area contributed by atoms with E-state index in [-0.39, 0.29) is 12.1 Å². The normalized spacial score (nSPS) is 17.7. The number of rotatable bonds is 5. The number of aryl methyl sites for hydroxylation is 1. The lowest BCUT2D eigenvalue weighted by molar-refractivity contribution is 0.156. The number of urea groups is 1. The molecule has 2 aromatic heterocycles. The highest BCUT2D eigenvalue weighted by molar-refractivity contribution is 7.11. The second-order valence-electron chi connectivity index (χ2n) is 5.76. The van der Waals surface area contributed by atoms with Gasteiger partial charge in [0.1, 0.15) is 18.1 Å². The number of amides is 2. The zero-order valence-electron chi connectivity index (χ0n) is 13.5. The van der Waals surface area contributed by atoms with Crippen LogP contribution in [0.5, 0.6) is 0 Å². The molecule has 1 atom stereocenters. The maximum absolute atomic E-state index is 12.5. The van der Waals surface area contributed by atoms with Crippen molar-refractivity contribution >= 4 is 17.4 Å². The molecule has 0 aliphatic carbocycles. The standard InChI is InChI=1S/C17H22N2O3S/c1-12-5-7-14(23-12)10-18-17(20)19-9-3-4-15(19)16-8-6-13(22-16)11-21-2/h5-8,15H,3-4,9-11H2,1-2H3,(H,18,20). The number of furan rings is 1. The molecule has 2 amide bonds. The van der Waals surface area contributed by atoms with E-state index in [1.54, 1.807) is 18.4 Å². The summed E-state index contributed by atoms with van der Waals surface area (Å²) in [6.45, 7) is 3.87. The number of thiophene rings is 1. The van der Waals surface area contributed by atoms with Crippen molar-refractivity contribution in [3.05, 3.63) is 45.5 Å². The Balaban J connectivity index is 1.62. The summed E-state index contributed by atoms with van der Waals surface area (Å²) >= 11 is 1.71. The van der Waals surface area contributed by atoms with Crippen LogP contribution in [0.4, 0.5) is 4.79 Å². The zero-order valence-corrected chi connectivity index (χ0v) is 14.3. The van der Waals surface area contributed by atoms with E-state index in [0.717, 1.165) is 30.9 Å². The van der Waals surface area contributed by atoms with Crippen molar-refractivity contribution in [3.63, 3.8) is 0 Å². The monoisotopic (exact) mass is 334 g/mol. The number of carbonyl (C=O) groups is 1. The van der Waals surface area contributed by atoms with Crippen LogP contribution in [0.1, 0.15) is 40.2 Å². The largest absolute Gasteiger partial charge is 0.461 e. The number of carbonyl (C=O) groups excluding carboxylic acids is 1. The average Bonchev–Trinajstić information content (AvgIpc) is 3.24. The van der Waals surface area contributed by atoms with Crippen LogP contribution in [-0.2, 0) is 17.9 Å². The van der Waals surface area contributed by atoms with Crippen LogP contribution in [0, 0.1) is 6.92 Å². The number of hydrogen-bond acceptors (Lipinski definition) is 4. The Kier molecular flexibility index (Phi) is 5.03. The minimum Gasteiger partial charge on any atom is -0.461 e. The first-order valence-electron chi connectivity index (χ1n) is 7.84. The minimum atomic E-state index is -0.0248. The summed E-state index contributed by atoms with van der Waals surface area (Å²) in [5.41, 5.74) is 0. The lowest BCUT2D eigenvalue weighted by atomic mass is 10.2. The maximum atomic E-state index is 12.5. The second kappa shape index (κ2) is 7.19. The fourth-order valence-corrected chi connectivity index (χ4v) is 3.77. The van der Waals surface area contributed by atoms with Gasteiger partial charge in [-0.3, -0.25) is 0 Å². The minimum absolute atomic E-state index is 0.0191. The van der Waals surface area contributed by atoms with Gasteiger partial charge in [0, 0.05) is 23.4 Å². The molecule has 0 saturated carbocycles. The fourth-order valence-electron chi connectivity index (χ4n) is 2.94. The molecule has 1 unspecified atom stereocenters. The molecule has 0 radical (unpaired) electrons. The summed E-state index contributed by atoms with van der Waals surface area (Å²) in [5.74, 6) is 1.64. The summed E-state index contributed by atoms with van der Waals surface area (Å²) in [4.78, 5) is 16.8. The van der Waals surface area contributed by atoms with Crippen molar-refractivity contribution in [2.24, 2.45) is 0 Å². The molecule has 0 aromatic carbocycles. The Hall–Kier alpha value is -1.79. The Morgan fingerprint density at radius 1 is 1.43 bits per heavy atom. The summed E-state index contributed by atoms with van der Waals surface area (Å²) in [7, 11) is 1.64. The van der Waals surface area contributed by atoms with E-state index < -0.39 is 0 Å². The molecule has 1 aliphatic heterocycles. The van der Waals surface area contributed by atoms with Crippen molar-refractivity contribution < 1.29 is 13.9 Å². The molecule has 1 aliphatic rings. The fraction of sp³-hybridized carbons (Fsp3) is 0.471. The van der Waals surface area contributed by atoms with E-state index in [2.05, 4.69) is 24.4 Å². The molecule has 1 fully saturated rings. The Morgan fingerprint density at radius 2 is 2.30 bits per heavy atom. The highest BCUT2D eigenvalue weighted by Crippen LogP contribution is 2.33. The molecule has 3 heterocycles. The topological polar surface area (TPSA) is 54.7 Å². The summed E-state index contributed by atoms with van der Waals surface area (Å²) < 4.78 is 10.9. The highest BCUT2D eigenvalue weighted by atomic mass is 32.1. The first-order chi connectivity index (χ1) is 11.2. The van der Waals surface area contributed by atoms with E-state index >= 15 is 0 Å². The summed E-state index contributed by atoms with van der Waals surface area (Å²) in [6.07, 6.45) is 1.93. The van der Waals surface area contributed by atoms with Crippen LogP contribution in [0.25, 0.3) is 0 Å². The third kappa shape index (κ3) is 3.76. The average molecular weight is 334 g/mol. The molecule has 0 spiro atoms. The van der Waals surface area contributed by atoms with Gasteiger partial charge in [-0.25, -0.2) is 4.79 Å². The molecule has 5 nitrogen and oxygen atoms in total. The predicted molar refractivity (Wildman–Crippen MR) is 89.4 cm³/mol. The van der Waals surface area contributed by atoms with E-state index in [0.29, 0.717) is 13.2 Å². The van der Waals surface area contributed by atoms with Gasteiger partial charge in [0.05, 0.1) is 12.6 Å². The molecule has 2 aromatic rings. The van der Waals surface area contributed by atoms with Crippen molar-refractivity contribution in [1.29, 1.82) is 0 Å². The lowest BCUT2D eigenvalue weighted by Gasteiger charge is -2.23. The summed E-state index contributed by atoms with van der Waals surface area (Å²) in [5, 5.41) is 3.02. The molecule has 23 heavy (non-hydrogen) atoms. The number of methoxy groups -OCH3 is 1. The maximum Gasteiger partial charge on any atom is 0.318 e. The number of hydrogen-bond donors (Lipinski definition) is 1. The van der Waals surface area contributed by atoms with Gasteiger partial charge in [0.15, 0.2) is 0 Å². The van der Waals surface area contributed by atoms with Crippen LogP contribution in [0.15, 0.2) is 28.7 Å². The molecule has 0 bridgehead atoms. The van der Waals surface area contributed by atoms with Crippen LogP contribution in [-0.4, -0.2) is 24.6 Å². The SMILES string of the molecule is COCc1ccc(C2CCCN2C(=O)NCc2ccc(C)s2)o1. The molecular formula is C17H22N2O3S. The van der Waals surface area contributed by atoms with Crippen molar-refractivity contribution in [2.75, 3.05) is 13.7 Å². The molecular weight excluding hydrogens is 312 g/mol. The van der Waals surface area contributed by atoms with Crippen LogP contribution >= 0.6 is 11.3 Å². The molecule has 1 N–H and O–H groups in total. The van der Waals surface area contributed by atoms with Gasteiger partial charge in [-0.15, -0.1) is 11.3 Å². The van der Waals surface area contributed by atoms with Crippen molar-refractivity contribution in [2.45, 2.75) is 39.0 Å². The Labute approximate surface area is 140 Å². The Morgan fingerprint density at radius 3 is 3.04 bits per heavy atom. The van der Waals surface area contributed by atoms with Gasteiger partial charge >= 0.3 is 6.03 Å². The van der Waals surface area contributed by atoms with E-state index in [1.165, 1.54) is 9.75 Å². The molecule has 6 heteroatoms. The second-order valence-corrected chi connectivity index (χ2v) is 7.13. The van der Waals surface area contributed by atoms with Gasteiger partial charge in [-0.2, -0.15) is 0 Å². The van der Waals surface area contributed by atoms with Crippen LogP contribution in [0.2, 0.25) is 0 Å². The quantitative estimate of drug-likeness (QED) is 0.904. The first kappa shape index (κ1) is 16.1. The predicted octanol–water partition coefficient (Wildman–Crippen LogP) is 3.84. The number of nitrogens with one attached hydrogen (secondary N) is 1. The molecule has 1 saturated heterocycles. The van der Waals surface area contributed by atoms with E-state index in [1.807, 2.05) is 17.0 Å². The third-order valence-electron chi connectivity index (χ3n) is 4.02. The van der Waals surface area contributed by atoms with E-state index in [4.69, 9.17) is 9.15 Å². The van der Waals surface area contributed by atoms with E-state index in [9.17, 15) is 4.79 Å². The lowest BCUT2D eigenvalue weighted by Crippen LogP contribution is -2.38. The smallest absolute Gasteiger partial charge is 0.318 e. The van der Waals surface area contributed by atoms with Crippen molar-refractivity contribution in [1.82, 2.24) is 10.2 Å². The molecule has 124 valence electrons. The van der Waals surface area contributed by atoms with Gasteiger partial charge in [0.2, 0.25) is 0 Å². The van der Waals surface area contributed by atoms with Crippen LogP contribution < -0.4 is 5.32 Å². The number of ether oxygens (including phenoxy) is 1. The van der Waals surface area contributed by atoms with Crippen molar-refractivity contribution in [3.8, 4) is 0 Å². The summed E-state index contributed by atoms with van der Waals surface area (Å²) in [6, 6.07) is 8.00. The van der Waals surface area contributed by atoms with Gasteiger partial charge < -0.3 is 19.4 Å². The van der Waals surface area contributed by atoms with Crippen LogP contribution in [0.3, 0.4) is 0 Å². The number of nitrogens with zero attached hydrogens (tertiary/aromatic N) is 1. The third-order valence-corrected chi connectivity index (χ3v) is 5.02.